The van der Waals surface area contributed by atoms with Crippen molar-refractivity contribution in [2.75, 3.05) is 11.9 Å². The number of fused-ring (bicyclic) bond motifs is 1. The van der Waals surface area contributed by atoms with E-state index in [2.05, 4.69) is 5.32 Å². The molecule has 0 saturated carbocycles. The van der Waals surface area contributed by atoms with Crippen LogP contribution in [0.15, 0.2) is 84.2 Å². The van der Waals surface area contributed by atoms with Crippen molar-refractivity contribution < 1.29 is 19.4 Å². The van der Waals surface area contributed by atoms with E-state index in [1.54, 1.807) is 19.1 Å². The highest BCUT2D eigenvalue weighted by Crippen LogP contribution is 2.46. The number of benzene rings is 3. The SMILES string of the molecule is CC(C)COC(=O)c1c(-c2ccc(Cl)cc2)csc1NC(C)(O)c1sc2ccccc2c1OCc1ccccc1. The number of nitrogens with one attached hydrogen (secondary N) is 1. The molecule has 0 radical (unpaired) electrons. The first kappa shape index (κ1) is 28.2. The average Bonchev–Trinajstić information content (AvgIpc) is 3.53. The Morgan fingerprint density at radius 2 is 1.73 bits per heavy atom. The van der Waals surface area contributed by atoms with Gasteiger partial charge in [0.05, 0.1) is 11.5 Å². The Bertz CT molecular complexity index is 1610. The normalized spacial score (nSPS) is 12.8. The van der Waals surface area contributed by atoms with Crippen LogP contribution in [0.3, 0.4) is 0 Å². The highest BCUT2D eigenvalue weighted by Gasteiger charge is 2.34. The number of carbonyl (C=O) groups excluding carboxylic acids is 1. The Hall–Kier alpha value is -3.36. The highest BCUT2D eigenvalue weighted by atomic mass is 35.5. The number of halogens is 1. The van der Waals surface area contributed by atoms with Crippen LogP contribution in [-0.4, -0.2) is 17.7 Å². The van der Waals surface area contributed by atoms with Gasteiger partial charge in [0.25, 0.3) is 0 Å². The number of aliphatic hydroxyl groups is 1. The van der Waals surface area contributed by atoms with E-state index in [4.69, 9.17) is 21.1 Å². The summed E-state index contributed by atoms with van der Waals surface area (Å²) in [5.74, 6) is 0.347. The number of thiophene rings is 2. The first-order chi connectivity index (χ1) is 19.2. The monoisotopic (exact) mass is 591 g/mol. The summed E-state index contributed by atoms with van der Waals surface area (Å²) in [6.45, 7) is 6.31. The van der Waals surface area contributed by atoms with E-state index >= 15 is 0 Å². The molecule has 5 nitrogen and oxygen atoms in total. The Kier molecular flexibility index (Phi) is 8.47. The van der Waals surface area contributed by atoms with Gasteiger partial charge in [0.1, 0.15) is 22.9 Å². The quantitative estimate of drug-likeness (QED) is 0.125. The van der Waals surface area contributed by atoms with E-state index in [1.807, 2.05) is 86.0 Å². The van der Waals surface area contributed by atoms with Crippen molar-refractivity contribution >= 4 is 55.3 Å². The molecule has 2 heterocycles. The van der Waals surface area contributed by atoms with Gasteiger partial charge >= 0.3 is 5.97 Å². The third-order valence-electron chi connectivity index (χ3n) is 6.27. The fraction of sp³-hybridized carbons (Fsp3) is 0.219. The molecule has 1 unspecified atom stereocenters. The van der Waals surface area contributed by atoms with Gasteiger partial charge in [0, 0.05) is 26.1 Å². The zero-order valence-corrected chi connectivity index (χ0v) is 24.8. The number of ether oxygens (including phenoxy) is 2. The number of carbonyl (C=O) groups is 1. The van der Waals surface area contributed by atoms with Crippen LogP contribution in [0.4, 0.5) is 5.00 Å². The predicted molar refractivity (Wildman–Crippen MR) is 166 cm³/mol. The Morgan fingerprint density at radius 3 is 2.45 bits per heavy atom. The molecule has 0 bridgehead atoms. The minimum atomic E-state index is -1.55. The predicted octanol–water partition coefficient (Wildman–Crippen LogP) is 8.95. The van der Waals surface area contributed by atoms with Crippen molar-refractivity contribution in [3.8, 4) is 16.9 Å². The average molecular weight is 592 g/mol. The third kappa shape index (κ3) is 6.18. The van der Waals surface area contributed by atoms with Gasteiger partial charge in [-0.25, -0.2) is 4.79 Å². The van der Waals surface area contributed by atoms with Gasteiger partial charge in [-0.3, -0.25) is 0 Å². The summed E-state index contributed by atoms with van der Waals surface area (Å²) in [7, 11) is 0. The molecule has 2 aromatic heterocycles. The van der Waals surface area contributed by atoms with Crippen LogP contribution in [0.2, 0.25) is 5.02 Å². The minimum Gasteiger partial charge on any atom is -0.487 e. The van der Waals surface area contributed by atoms with Crippen LogP contribution in [0.5, 0.6) is 5.75 Å². The van der Waals surface area contributed by atoms with Gasteiger partial charge in [-0.05, 0) is 48.2 Å². The number of anilines is 1. The van der Waals surface area contributed by atoms with E-state index in [0.29, 0.717) is 45.0 Å². The molecular formula is C32H30ClNO4S2. The van der Waals surface area contributed by atoms with Crippen LogP contribution in [-0.2, 0) is 17.1 Å². The second kappa shape index (κ2) is 12.0. The van der Waals surface area contributed by atoms with Crippen molar-refractivity contribution in [3.63, 3.8) is 0 Å². The molecule has 0 aliphatic carbocycles. The van der Waals surface area contributed by atoms with E-state index in [1.165, 1.54) is 22.7 Å². The lowest BCUT2D eigenvalue weighted by Crippen LogP contribution is -2.31. The molecule has 0 fully saturated rings. The van der Waals surface area contributed by atoms with Crippen LogP contribution in [0.25, 0.3) is 21.2 Å². The number of hydrogen-bond donors (Lipinski definition) is 2. The smallest absolute Gasteiger partial charge is 0.341 e. The zero-order chi connectivity index (χ0) is 28.3. The number of hydrogen-bond acceptors (Lipinski definition) is 7. The molecule has 206 valence electrons. The Labute approximate surface area is 247 Å². The molecule has 5 aromatic rings. The summed E-state index contributed by atoms with van der Waals surface area (Å²) >= 11 is 8.91. The largest absolute Gasteiger partial charge is 0.487 e. The molecule has 0 amide bonds. The summed E-state index contributed by atoms with van der Waals surface area (Å²) in [5.41, 5.74) is 1.40. The van der Waals surface area contributed by atoms with Crippen LogP contribution in [0.1, 0.15) is 41.6 Å². The Balaban J connectivity index is 1.53. The van der Waals surface area contributed by atoms with Crippen LogP contribution < -0.4 is 10.1 Å². The standard InChI is InChI=1S/C32H30ClNO4S2/c1-20(2)17-38-31(35)27-25(22-13-15-23(33)16-14-22)19-39-30(27)34-32(3,36)29-28(24-11-7-8-12-26(24)40-29)37-18-21-9-5-4-6-10-21/h4-16,19-20,34,36H,17-18H2,1-3H3. The summed E-state index contributed by atoms with van der Waals surface area (Å²) < 4.78 is 13.0. The van der Waals surface area contributed by atoms with E-state index in [9.17, 15) is 9.90 Å². The summed E-state index contributed by atoms with van der Waals surface area (Å²) in [6, 6.07) is 25.1. The fourth-order valence-corrected chi connectivity index (χ4v) is 6.64. The molecule has 0 saturated heterocycles. The molecule has 0 aliphatic rings. The lowest BCUT2D eigenvalue weighted by Gasteiger charge is -2.26. The first-order valence-electron chi connectivity index (χ1n) is 13.0. The molecule has 0 spiro atoms. The lowest BCUT2D eigenvalue weighted by atomic mass is 10.0. The molecule has 3 aromatic carbocycles. The second-order valence-electron chi connectivity index (χ2n) is 10.1. The molecule has 8 heteroatoms. The van der Waals surface area contributed by atoms with Crippen molar-refractivity contribution in [1.82, 2.24) is 0 Å². The van der Waals surface area contributed by atoms with Crippen molar-refractivity contribution in [1.29, 1.82) is 0 Å². The maximum Gasteiger partial charge on any atom is 0.341 e. The molecule has 2 N–H and O–H groups in total. The van der Waals surface area contributed by atoms with Crippen molar-refractivity contribution in [2.45, 2.75) is 33.1 Å². The molecule has 1 atom stereocenters. The third-order valence-corrected chi connectivity index (χ3v) is 8.78. The van der Waals surface area contributed by atoms with E-state index in [-0.39, 0.29) is 5.92 Å². The van der Waals surface area contributed by atoms with Crippen molar-refractivity contribution in [2.24, 2.45) is 5.92 Å². The van der Waals surface area contributed by atoms with Crippen LogP contribution in [0, 0.1) is 5.92 Å². The van der Waals surface area contributed by atoms with E-state index < -0.39 is 11.7 Å². The highest BCUT2D eigenvalue weighted by molar-refractivity contribution is 7.19. The number of esters is 1. The van der Waals surface area contributed by atoms with E-state index in [0.717, 1.165) is 21.2 Å². The van der Waals surface area contributed by atoms with Gasteiger partial charge in [-0.15, -0.1) is 22.7 Å². The molecule has 5 rings (SSSR count). The van der Waals surface area contributed by atoms with Gasteiger partial charge in [0.2, 0.25) is 0 Å². The van der Waals surface area contributed by atoms with Gasteiger partial charge in [-0.1, -0.05) is 80.0 Å². The topological polar surface area (TPSA) is 67.8 Å². The number of rotatable bonds is 10. The fourth-order valence-electron chi connectivity index (χ4n) is 4.30. The van der Waals surface area contributed by atoms with Gasteiger partial charge in [0.15, 0.2) is 5.72 Å². The maximum atomic E-state index is 13.4. The second-order valence-corrected chi connectivity index (χ2v) is 12.4. The zero-order valence-electron chi connectivity index (χ0n) is 22.4. The lowest BCUT2D eigenvalue weighted by molar-refractivity contribution is 0.0460. The summed E-state index contributed by atoms with van der Waals surface area (Å²) in [5, 5.41) is 19.1. The minimum absolute atomic E-state index is 0.184. The Morgan fingerprint density at radius 1 is 1.02 bits per heavy atom. The van der Waals surface area contributed by atoms with Crippen molar-refractivity contribution in [3.05, 3.63) is 105 Å². The first-order valence-corrected chi connectivity index (χ1v) is 15.0. The summed E-state index contributed by atoms with van der Waals surface area (Å²) in [4.78, 5) is 14.0. The molecule has 0 aliphatic heterocycles. The molecule has 40 heavy (non-hydrogen) atoms. The maximum absolute atomic E-state index is 13.4. The van der Waals surface area contributed by atoms with Crippen LogP contribution >= 0.6 is 34.3 Å². The van der Waals surface area contributed by atoms with Gasteiger partial charge in [-0.2, -0.15) is 0 Å². The van der Waals surface area contributed by atoms with Gasteiger partial charge < -0.3 is 19.9 Å². The molecular weight excluding hydrogens is 562 g/mol. The summed E-state index contributed by atoms with van der Waals surface area (Å²) in [6.07, 6.45) is 0.